The molecule has 0 aromatic carbocycles. The van der Waals surface area contributed by atoms with Gasteiger partial charge in [0.1, 0.15) is 0 Å². The minimum absolute atomic E-state index is 0.611. The number of rotatable bonds is 6. The van der Waals surface area contributed by atoms with Gasteiger partial charge < -0.3 is 19.9 Å². The normalized spacial score (nSPS) is 15.2. The van der Waals surface area contributed by atoms with E-state index < -0.39 is 0 Å². The highest BCUT2D eigenvalue weighted by Gasteiger charge is 2.17. The predicted octanol–water partition coefficient (Wildman–Crippen LogP) is 0.986. The first-order chi connectivity index (χ1) is 9.74. The largest absolute Gasteiger partial charge is 0.383 e. The molecule has 112 valence electrons. The fourth-order valence-corrected chi connectivity index (χ4v) is 2.20. The third-order valence-corrected chi connectivity index (χ3v) is 3.45. The number of anilines is 3. The van der Waals surface area contributed by atoms with Gasteiger partial charge in [-0.1, -0.05) is 0 Å². The van der Waals surface area contributed by atoms with Crippen molar-refractivity contribution in [1.82, 2.24) is 15.0 Å². The second kappa shape index (κ2) is 7.23. The molecule has 2 heterocycles. The summed E-state index contributed by atoms with van der Waals surface area (Å²) in [6.45, 7) is 3.45. The predicted molar refractivity (Wildman–Crippen MR) is 80.6 cm³/mol. The monoisotopic (exact) mass is 280 g/mol. The van der Waals surface area contributed by atoms with E-state index in [1.54, 1.807) is 7.11 Å². The maximum Gasteiger partial charge on any atom is 0.231 e. The van der Waals surface area contributed by atoms with E-state index in [1.165, 1.54) is 19.3 Å². The van der Waals surface area contributed by atoms with Gasteiger partial charge in [0.15, 0.2) is 0 Å². The van der Waals surface area contributed by atoms with Gasteiger partial charge in [-0.3, -0.25) is 0 Å². The molecule has 7 nitrogen and oxygen atoms in total. The first-order valence-corrected chi connectivity index (χ1v) is 7.13. The molecule has 1 saturated heterocycles. The summed E-state index contributed by atoms with van der Waals surface area (Å²) in [5.74, 6) is 2.06. The highest BCUT2D eigenvalue weighted by molar-refractivity contribution is 5.44. The Morgan fingerprint density at radius 2 is 1.95 bits per heavy atom. The van der Waals surface area contributed by atoms with Gasteiger partial charge in [-0.2, -0.15) is 15.0 Å². The SMILES string of the molecule is CNc1nc(N(C)CCOC)nc(N2CCCCC2)n1. The van der Waals surface area contributed by atoms with Crippen molar-refractivity contribution in [2.45, 2.75) is 19.3 Å². The van der Waals surface area contributed by atoms with Gasteiger partial charge in [-0.25, -0.2) is 0 Å². The van der Waals surface area contributed by atoms with Crippen LogP contribution in [0, 0.1) is 0 Å². The molecule has 0 aliphatic carbocycles. The Kier molecular flexibility index (Phi) is 5.34. The molecule has 1 aliphatic rings. The Morgan fingerprint density at radius 3 is 2.60 bits per heavy atom. The summed E-state index contributed by atoms with van der Waals surface area (Å²) in [6, 6.07) is 0. The van der Waals surface area contributed by atoms with Crippen LogP contribution in [0.5, 0.6) is 0 Å². The van der Waals surface area contributed by atoms with E-state index in [0.717, 1.165) is 25.6 Å². The minimum Gasteiger partial charge on any atom is -0.383 e. The summed E-state index contributed by atoms with van der Waals surface area (Å²) in [7, 11) is 5.49. The smallest absolute Gasteiger partial charge is 0.231 e. The molecule has 0 bridgehead atoms. The Morgan fingerprint density at radius 1 is 1.20 bits per heavy atom. The number of nitrogens with one attached hydrogen (secondary N) is 1. The van der Waals surface area contributed by atoms with Crippen LogP contribution in [0.1, 0.15) is 19.3 Å². The van der Waals surface area contributed by atoms with Crippen LogP contribution in [0.25, 0.3) is 0 Å². The number of methoxy groups -OCH3 is 1. The maximum atomic E-state index is 5.10. The van der Waals surface area contributed by atoms with Crippen LogP contribution in [0.2, 0.25) is 0 Å². The third kappa shape index (κ3) is 3.69. The Balaban J connectivity index is 2.18. The molecule has 7 heteroatoms. The van der Waals surface area contributed by atoms with E-state index in [4.69, 9.17) is 4.74 Å². The first kappa shape index (κ1) is 14.8. The number of ether oxygens (including phenoxy) is 1. The molecular formula is C13H24N6O. The zero-order chi connectivity index (χ0) is 14.4. The molecule has 0 radical (unpaired) electrons. The van der Waals surface area contributed by atoms with E-state index in [1.807, 2.05) is 19.0 Å². The lowest BCUT2D eigenvalue weighted by atomic mass is 10.1. The fraction of sp³-hybridized carbons (Fsp3) is 0.769. The summed E-state index contributed by atoms with van der Waals surface area (Å²) in [4.78, 5) is 17.7. The topological polar surface area (TPSA) is 66.4 Å². The van der Waals surface area contributed by atoms with Crippen LogP contribution in [-0.4, -0.2) is 62.4 Å². The fourth-order valence-electron chi connectivity index (χ4n) is 2.20. The summed E-state index contributed by atoms with van der Waals surface area (Å²) in [5.41, 5.74) is 0. The maximum absolute atomic E-state index is 5.10. The standard InChI is InChI=1S/C13H24N6O/c1-14-11-15-12(18(2)9-10-20-3)17-13(16-11)19-7-5-4-6-8-19/h4-10H2,1-3H3,(H,14,15,16,17). The van der Waals surface area contributed by atoms with E-state index in [2.05, 4.69) is 25.2 Å². The molecule has 0 saturated carbocycles. The Hall–Kier alpha value is -1.63. The molecule has 0 spiro atoms. The number of aromatic nitrogens is 3. The number of piperidine rings is 1. The molecule has 0 unspecified atom stereocenters. The van der Waals surface area contributed by atoms with Crippen LogP contribution in [0.3, 0.4) is 0 Å². The molecule has 2 rings (SSSR count). The average molecular weight is 280 g/mol. The quantitative estimate of drug-likeness (QED) is 0.833. The minimum atomic E-state index is 0.611. The van der Waals surface area contributed by atoms with Crippen LogP contribution >= 0.6 is 0 Å². The summed E-state index contributed by atoms with van der Waals surface area (Å²) in [6.07, 6.45) is 3.70. The van der Waals surface area contributed by atoms with Gasteiger partial charge in [-0.05, 0) is 19.3 Å². The Bertz CT molecular complexity index is 421. The van der Waals surface area contributed by atoms with Gasteiger partial charge in [0, 0.05) is 40.8 Å². The number of nitrogens with zero attached hydrogens (tertiary/aromatic N) is 5. The lowest BCUT2D eigenvalue weighted by Crippen LogP contribution is -2.32. The van der Waals surface area contributed by atoms with E-state index in [-0.39, 0.29) is 0 Å². The summed E-state index contributed by atoms with van der Waals surface area (Å²) < 4.78 is 5.10. The van der Waals surface area contributed by atoms with Crippen molar-refractivity contribution in [3.8, 4) is 0 Å². The van der Waals surface area contributed by atoms with E-state index in [0.29, 0.717) is 18.5 Å². The molecule has 1 N–H and O–H groups in total. The molecule has 0 atom stereocenters. The first-order valence-electron chi connectivity index (χ1n) is 7.13. The number of likely N-dealkylation sites (N-methyl/N-ethyl adjacent to an activating group) is 1. The zero-order valence-corrected chi connectivity index (χ0v) is 12.6. The summed E-state index contributed by atoms with van der Waals surface area (Å²) >= 11 is 0. The van der Waals surface area contributed by atoms with Gasteiger partial charge >= 0.3 is 0 Å². The second-order valence-corrected chi connectivity index (χ2v) is 4.97. The lowest BCUT2D eigenvalue weighted by molar-refractivity contribution is 0.206. The molecule has 20 heavy (non-hydrogen) atoms. The van der Waals surface area contributed by atoms with E-state index >= 15 is 0 Å². The number of hydrogen-bond acceptors (Lipinski definition) is 7. The van der Waals surface area contributed by atoms with Crippen molar-refractivity contribution in [2.24, 2.45) is 0 Å². The van der Waals surface area contributed by atoms with Crippen molar-refractivity contribution < 1.29 is 4.74 Å². The molecule has 1 aromatic rings. The third-order valence-electron chi connectivity index (χ3n) is 3.45. The van der Waals surface area contributed by atoms with Gasteiger partial charge in [0.25, 0.3) is 0 Å². The molecular weight excluding hydrogens is 256 g/mol. The Labute approximate surface area is 120 Å². The van der Waals surface area contributed by atoms with Gasteiger partial charge in [0.05, 0.1) is 6.61 Å². The van der Waals surface area contributed by atoms with Crippen molar-refractivity contribution in [2.75, 3.05) is 62.6 Å². The van der Waals surface area contributed by atoms with Gasteiger partial charge in [-0.15, -0.1) is 0 Å². The molecule has 1 aliphatic heterocycles. The summed E-state index contributed by atoms with van der Waals surface area (Å²) in [5, 5.41) is 3.01. The molecule has 1 fully saturated rings. The molecule has 1 aromatic heterocycles. The lowest BCUT2D eigenvalue weighted by Gasteiger charge is -2.27. The highest BCUT2D eigenvalue weighted by atomic mass is 16.5. The van der Waals surface area contributed by atoms with E-state index in [9.17, 15) is 0 Å². The van der Waals surface area contributed by atoms with Crippen LogP contribution < -0.4 is 15.1 Å². The van der Waals surface area contributed by atoms with Crippen molar-refractivity contribution in [1.29, 1.82) is 0 Å². The number of hydrogen-bond donors (Lipinski definition) is 1. The van der Waals surface area contributed by atoms with Crippen molar-refractivity contribution in [3.05, 3.63) is 0 Å². The average Bonchev–Trinajstić information content (AvgIpc) is 2.52. The van der Waals surface area contributed by atoms with Gasteiger partial charge in [0.2, 0.25) is 17.8 Å². The highest BCUT2D eigenvalue weighted by Crippen LogP contribution is 2.19. The van der Waals surface area contributed by atoms with Crippen molar-refractivity contribution >= 4 is 17.8 Å². The van der Waals surface area contributed by atoms with Crippen LogP contribution in [0.15, 0.2) is 0 Å². The van der Waals surface area contributed by atoms with Crippen molar-refractivity contribution in [3.63, 3.8) is 0 Å². The zero-order valence-electron chi connectivity index (χ0n) is 12.6. The second-order valence-electron chi connectivity index (χ2n) is 4.97. The molecule has 0 amide bonds. The van der Waals surface area contributed by atoms with Crippen LogP contribution in [-0.2, 0) is 4.74 Å². The van der Waals surface area contributed by atoms with Crippen LogP contribution in [0.4, 0.5) is 17.8 Å².